The zero-order valence-electron chi connectivity index (χ0n) is 23.0. The molecule has 0 aromatic heterocycles. The van der Waals surface area contributed by atoms with Gasteiger partial charge in [-0.2, -0.15) is 5.10 Å². The molecule has 0 spiro atoms. The molecule has 0 unspecified atom stereocenters. The predicted octanol–water partition coefficient (Wildman–Crippen LogP) is 5.14. The lowest BCUT2D eigenvalue weighted by molar-refractivity contribution is -0.385. The Morgan fingerprint density at radius 3 is 2.02 bits per heavy atom. The molecule has 4 rings (SSSR count). The molecule has 0 aliphatic heterocycles. The van der Waals surface area contributed by atoms with Crippen LogP contribution in [0.2, 0.25) is 0 Å². The molecule has 0 fully saturated rings. The number of anilines is 1. The third-order valence-electron chi connectivity index (χ3n) is 5.92. The number of hydrazone groups is 1. The van der Waals surface area contributed by atoms with Crippen molar-refractivity contribution >= 4 is 41.1 Å². The first-order chi connectivity index (χ1) is 21.2. The van der Waals surface area contributed by atoms with Gasteiger partial charge in [0.1, 0.15) is 0 Å². The highest BCUT2D eigenvalue weighted by molar-refractivity contribution is 6.09. The predicted molar refractivity (Wildman–Crippen MR) is 158 cm³/mol. The summed E-state index contributed by atoms with van der Waals surface area (Å²) >= 11 is 0. The van der Waals surface area contributed by atoms with Gasteiger partial charge in [0.2, 0.25) is 0 Å². The van der Waals surface area contributed by atoms with Crippen molar-refractivity contribution in [2.75, 3.05) is 11.9 Å². The van der Waals surface area contributed by atoms with Crippen LogP contribution >= 0.6 is 0 Å². The molecule has 0 saturated heterocycles. The van der Waals surface area contributed by atoms with E-state index in [2.05, 4.69) is 15.8 Å². The maximum absolute atomic E-state index is 12.9. The van der Waals surface area contributed by atoms with E-state index < -0.39 is 27.6 Å². The van der Waals surface area contributed by atoms with Crippen molar-refractivity contribution in [3.8, 4) is 11.5 Å². The van der Waals surface area contributed by atoms with Crippen LogP contribution in [-0.4, -0.2) is 40.5 Å². The Hall–Kier alpha value is -6.44. The Bertz CT molecular complexity index is 1750. The molecule has 14 heteroatoms. The fourth-order valence-corrected chi connectivity index (χ4v) is 3.78. The van der Waals surface area contributed by atoms with Gasteiger partial charge in [-0.15, -0.1) is 0 Å². The number of carbonyl (C=O) groups excluding carboxylic acids is 3. The van der Waals surface area contributed by atoms with Crippen molar-refractivity contribution in [3.63, 3.8) is 0 Å². The Balaban J connectivity index is 1.42. The number of para-hydroxylation sites is 1. The van der Waals surface area contributed by atoms with Crippen LogP contribution in [0.5, 0.6) is 11.5 Å². The Labute approximate surface area is 249 Å². The molecule has 44 heavy (non-hydrogen) atoms. The first-order valence-electron chi connectivity index (χ1n) is 12.9. The second kappa shape index (κ2) is 14.0. The molecule has 14 nitrogen and oxygen atoms in total. The van der Waals surface area contributed by atoms with E-state index in [9.17, 15) is 34.6 Å². The topological polar surface area (TPSA) is 192 Å². The third-order valence-corrected chi connectivity index (χ3v) is 5.92. The second-order valence-corrected chi connectivity index (χ2v) is 8.84. The summed E-state index contributed by atoms with van der Waals surface area (Å²) in [5, 5.41) is 28.3. The lowest BCUT2D eigenvalue weighted by Crippen LogP contribution is -2.21. The molecular weight excluding hydrogens is 574 g/mol. The van der Waals surface area contributed by atoms with E-state index >= 15 is 0 Å². The number of non-ortho nitro benzene ring substituents is 2. The van der Waals surface area contributed by atoms with Gasteiger partial charge in [-0.25, -0.2) is 10.2 Å². The summed E-state index contributed by atoms with van der Waals surface area (Å²) in [6.45, 7) is 1.99. The third kappa shape index (κ3) is 7.64. The lowest BCUT2D eigenvalue weighted by Gasteiger charge is -2.11. The van der Waals surface area contributed by atoms with Crippen molar-refractivity contribution in [1.82, 2.24) is 5.43 Å². The van der Waals surface area contributed by atoms with Gasteiger partial charge in [-0.3, -0.25) is 29.8 Å². The van der Waals surface area contributed by atoms with Gasteiger partial charge in [-0.05, 0) is 67.1 Å². The summed E-state index contributed by atoms with van der Waals surface area (Å²) < 4.78 is 11.0. The minimum Gasteiger partial charge on any atom is -0.490 e. The molecule has 2 N–H and O–H groups in total. The van der Waals surface area contributed by atoms with Crippen LogP contribution in [0.25, 0.3) is 0 Å². The molecular formula is C30H23N5O9. The minimum absolute atomic E-state index is 0.106. The van der Waals surface area contributed by atoms with Crippen LogP contribution in [0.1, 0.15) is 43.6 Å². The van der Waals surface area contributed by atoms with Crippen LogP contribution in [0, 0.1) is 20.2 Å². The number of rotatable bonds is 11. The van der Waals surface area contributed by atoms with E-state index in [4.69, 9.17) is 9.47 Å². The molecule has 2 amide bonds. The van der Waals surface area contributed by atoms with Crippen LogP contribution in [0.3, 0.4) is 0 Å². The van der Waals surface area contributed by atoms with Gasteiger partial charge in [0.25, 0.3) is 23.2 Å². The fourth-order valence-electron chi connectivity index (χ4n) is 3.78. The Morgan fingerprint density at radius 1 is 0.795 bits per heavy atom. The highest BCUT2D eigenvalue weighted by Gasteiger charge is 2.17. The smallest absolute Gasteiger partial charge is 0.343 e. The minimum atomic E-state index is -0.742. The SMILES string of the molecule is CCOc1cc(/C=N\NC(=O)c2ccccc2NC(=O)c2ccc([N+](=O)[O-])cc2)ccc1OC(=O)c1ccc([N+](=O)[O-])cc1. The monoisotopic (exact) mass is 597 g/mol. The number of nitro groups is 2. The van der Waals surface area contributed by atoms with Gasteiger partial charge in [0.05, 0.1) is 39.5 Å². The van der Waals surface area contributed by atoms with Gasteiger partial charge in [-0.1, -0.05) is 12.1 Å². The fraction of sp³-hybridized carbons (Fsp3) is 0.0667. The van der Waals surface area contributed by atoms with Crippen LogP contribution in [0.15, 0.2) is 96.1 Å². The average Bonchev–Trinajstić information content (AvgIpc) is 3.02. The molecule has 0 saturated carbocycles. The van der Waals surface area contributed by atoms with E-state index in [1.54, 1.807) is 25.1 Å². The summed E-state index contributed by atoms with van der Waals surface area (Å²) in [6, 6.07) is 20.8. The number of esters is 1. The molecule has 0 bridgehead atoms. The van der Waals surface area contributed by atoms with E-state index in [0.717, 1.165) is 0 Å². The maximum Gasteiger partial charge on any atom is 0.343 e. The number of nitrogens with zero attached hydrogens (tertiary/aromatic N) is 3. The first-order valence-corrected chi connectivity index (χ1v) is 12.9. The molecule has 0 aliphatic rings. The number of hydrogen-bond acceptors (Lipinski definition) is 10. The van der Waals surface area contributed by atoms with E-state index in [-0.39, 0.29) is 51.9 Å². The zero-order valence-corrected chi connectivity index (χ0v) is 23.0. The summed E-state index contributed by atoms with van der Waals surface area (Å²) in [5.41, 5.74) is 3.13. The summed E-state index contributed by atoms with van der Waals surface area (Å²) in [5.74, 6) is -1.61. The largest absolute Gasteiger partial charge is 0.490 e. The average molecular weight is 598 g/mol. The molecule has 0 heterocycles. The number of nitro benzene ring substituents is 2. The highest BCUT2D eigenvalue weighted by atomic mass is 16.6. The summed E-state index contributed by atoms with van der Waals surface area (Å²) in [7, 11) is 0. The zero-order chi connectivity index (χ0) is 31.6. The molecule has 0 aliphatic carbocycles. The Morgan fingerprint density at radius 2 is 1.41 bits per heavy atom. The summed E-state index contributed by atoms with van der Waals surface area (Å²) in [6.07, 6.45) is 1.33. The number of ether oxygens (including phenoxy) is 2. The van der Waals surface area contributed by atoms with Crippen molar-refractivity contribution < 1.29 is 33.7 Å². The quantitative estimate of drug-likeness (QED) is 0.0774. The summed E-state index contributed by atoms with van der Waals surface area (Å²) in [4.78, 5) is 58.6. The van der Waals surface area contributed by atoms with E-state index in [1.807, 2.05) is 0 Å². The van der Waals surface area contributed by atoms with Crippen molar-refractivity contribution in [2.24, 2.45) is 5.10 Å². The van der Waals surface area contributed by atoms with E-state index in [0.29, 0.717) is 5.56 Å². The lowest BCUT2D eigenvalue weighted by atomic mass is 10.1. The number of amides is 2. The standard InChI is InChI=1S/C30H23N5O9/c1-2-43-27-17-19(7-16-26(27)44-30(38)21-10-14-23(15-11-21)35(41)42)18-31-33-29(37)24-5-3-4-6-25(24)32-28(36)20-8-12-22(13-9-20)34(39)40/h3-18H,2H2,1H3,(H,32,36)(H,33,37)/b31-18-. The first kappa shape index (κ1) is 30.5. The molecule has 0 atom stereocenters. The van der Waals surface area contributed by atoms with Crippen molar-refractivity contribution in [1.29, 1.82) is 0 Å². The second-order valence-electron chi connectivity index (χ2n) is 8.84. The maximum atomic E-state index is 12.9. The number of nitrogens with one attached hydrogen (secondary N) is 2. The van der Waals surface area contributed by atoms with Crippen LogP contribution in [0.4, 0.5) is 17.1 Å². The highest BCUT2D eigenvalue weighted by Crippen LogP contribution is 2.29. The number of carbonyl (C=O) groups is 3. The normalized spacial score (nSPS) is 10.6. The Kier molecular flexibility index (Phi) is 9.68. The molecule has 4 aromatic carbocycles. The van der Waals surface area contributed by atoms with Gasteiger partial charge < -0.3 is 14.8 Å². The van der Waals surface area contributed by atoms with Crippen LogP contribution < -0.4 is 20.2 Å². The molecule has 222 valence electrons. The van der Waals surface area contributed by atoms with Crippen molar-refractivity contribution in [2.45, 2.75) is 6.92 Å². The number of benzene rings is 4. The van der Waals surface area contributed by atoms with E-state index in [1.165, 1.54) is 79.0 Å². The molecule has 0 radical (unpaired) electrons. The molecule has 4 aromatic rings. The van der Waals surface area contributed by atoms with Crippen LogP contribution in [-0.2, 0) is 0 Å². The number of hydrogen-bond donors (Lipinski definition) is 2. The van der Waals surface area contributed by atoms with Gasteiger partial charge >= 0.3 is 5.97 Å². The van der Waals surface area contributed by atoms with Crippen molar-refractivity contribution in [3.05, 3.63) is 133 Å². The van der Waals surface area contributed by atoms with Gasteiger partial charge in [0.15, 0.2) is 11.5 Å². The van der Waals surface area contributed by atoms with Gasteiger partial charge in [0, 0.05) is 29.8 Å².